The maximum absolute atomic E-state index is 11.6. The lowest BCUT2D eigenvalue weighted by Gasteiger charge is -2.06. The first kappa shape index (κ1) is 17.5. The van der Waals surface area contributed by atoms with Crippen LogP contribution in [0.4, 0.5) is 4.79 Å². The molecule has 0 aliphatic carbocycles. The molecule has 24 heavy (non-hydrogen) atoms. The molecule has 0 heterocycles. The highest BCUT2D eigenvalue weighted by molar-refractivity contribution is 6.30. The van der Waals surface area contributed by atoms with Crippen molar-refractivity contribution in [1.82, 2.24) is 16.1 Å². The summed E-state index contributed by atoms with van der Waals surface area (Å²) >= 11 is 5.77. The smallest absolute Gasteiger partial charge is 0.315 e. The minimum Gasteiger partial charge on any atom is -0.334 e. The molecule has 6 nitrogen and oxygen atoms in total. The van der Waals surface area contributed by atoms with E-state index < -0.39 is 11.9 Å². The molecule has 3 amide bonds. The Morgan fingerprint density at radius 3 is 2.42 bits per heavy atom. The zero-order chi connectivity index (χ0) is 17.2. The molecule has 0 aliphatic heterocycles. The molecular formula is C17H17ClN4O2. The van der Waals surface area contributed by atoms with Crippen molar-refractivity contribution in [3.8, 4) is 0 Å². The Bertz CT molecular complexity index is 702. The Hall–Kier alpha value is -2.86. The molecule has 3 N–H and O–H groups in total. The van der Waals surface area contributed by atoms with E-state index in [0.717, 1.165) is 11.1 Å². The van der Waals surface area contributed by atoms with Crippen LogP contribution in [-0.2, 0) is 11.3 Å². The molecule has 2 aromatic carbocycles. The van der Waals surface area contributed by atoms with Crippen LogP contribution in [0.5, 0.6) is 0 Å². The monoisotopic (exact) mass is 344 g/mol. The molecule has 0 atom stereocenters. The quantitative estimate of drug-likeness (QED) is 0.555. The van der Waals surface area contributed by atoms with Gasteiger partial charge < -0.3 is 10.6 Å². The second kappa shape index (κ2) is 9.32. The minimum absolute atomic E-state index is 0.168. The number of nitrogens with one attached hydrogen (secondary N) is 3. The summed E-state index contributed by atoms with van der Waals surface area (Å²) < 4.78 is 0. The van der Waals surface area contributed by atoms with E-state index in [4.69, 9.17) is 11.6 Å². The first-order valence-electron chi connectivity index (χ1n) is 7.26. The number of carbonyl (C=O) groups is 2. The second-order valence-electron chi connectivity index (χ2n) is 4.87. The second-order valence-corrected chi connectivity index (χ2v) is 5.30. The summed E-state index contributed by atoms with van der Waals surface area (Å²) in [6.07, 6.45) is 1.49. The van der Waals surface area contributed by atoms with Gasteiger partial charge in [0.25, 0.3) is 5.91 Å². The van der Waals surface area contributed by atoms with Crippen LogP contribution in [-0.4, -0.2) is 24.7 Å². The van der Waals surface area contributed by atoms with E-state index in [1.165, 1.54) is 6.21 Å². The number of hydrazone groups is 1. The lowest BCUT2D eigenvalue weighted by atomic mass is 10.2. The van der Waals surface area contributed by atoms with Crippen LogP contribution in [0.1, 0.15) is 11.1 Å². The SMILES string of the molecule is O=C(CNC(=O)NCc1ccccc1)N/N=C\c1ccc(Cl)cc1. The Balaban J connectivity index is 1.65. The Morgan fingerprint density at radius 1 is 1.00 bits per heavy atom. The highest BCUT2D eigenvalue weighted by Gasteiger charge is 2.04. The van der Waals surface area contributed by atoms with E-state index in [1.807, 2.05) is 30.3 Å². The Kier molecular flexibility index (Phi) is 6.79. The summed E-state index contributed by atoms with van der Waals surface area (Å²) in [5.41, 5.74) is 4.11. The normalized spacial score (nSPS) is 10.4. The lowest BCUT2D eigenvalue weighted by molar-refractivity contribution is -0.120. The third-order valence-electron chi connectivity index (χ3n) is 2.98. The van der Waals surface area contributed by atoms with E-state index in [-0.39, 0.29) is 6.54 Å². The summed E-state index contributed by atoms with van der Waals surface area (Å²) in [5, 5.41) is 9.55. The molecule has 2 rings (SSSR count). The lowest BCUT2D eigenvalue weighted by Crippen LogP contribution is -2.40. The molecule has 124 valence electrons. The number of amides is 3. The van der Waals surface area contributed by atoms with Crippen LogP contribution >= 0.6 is 11.6 Å². The molecule has 0 saturated carbocycles. The van der Waals surface area contributed by atoms with Crippen LogP contribution in [0, 0.1) is 0 Å². The van der Waals surface area contributed by atoms with Gasteiger partial charge in [0.05, 0.1) is 6.21 Å². The van der Waals surface area contributed by atoms with E-state index >= 15 is 0 Å². The number of nitrogens with zero attached hydrogens (tertiary/aromatic N) is 1. The fourth-order valence-corrected chi connectivity index (χ4v) is 1.89. The summed E-state index contributed by atoms with van der Waals surface area (Å²) in [6.45, 7) is 0.224. The van der Waals surface area contributed by atoms with Crippen molar-refractivity contribution in [2.45, 2.75) is 6.54 Å². The molecule has 2 aromatic rings. The molecule has 0 unspecified atom stereocenters. The van der Waals surface area contributed by atoms with E-state index in [1.54, 1.807) is 24.3 Å². The van der Waals surface area contributed by atoms with Crippen molar-refractivity contribution in [3.05, 3.63) is 70.7 Å². The van der Waals surface area contributed by atoms with Crippen molar-refractivity contribution in [1.29, 1.82) is 0 Å². The van der Waals surface area contributed by atoms with Gasteiger partial charge in [0.2, 0.25) is 0 Å². The highest BCUT2D eigenvalue weighted by Crippen LogP contribution is 2.07. The summed E-state index contributed by atoms with van der Waals surface area (Å²) in [7, 11) is 0. The largest absolute Gasteiger partial charge is 0.334 e. The summed E-state index contributed by atoms with van der Waals surface area (Å²) in [6, 6.07) is 16.1. The maximum Gasteiger partial charge on any atom is 0.315 e. The van der Waals surface area contributed by atoms with Gasteiger partial charge in [0.1, 0.15) is 6.54 Å². The van der Waals surface area contributed by atoms with Crippen LogP contribution in [0.2, 0.25) is 5.02 Å². The molecule has 0 bridgehead atoms. The van der Waals surface area contributed by atoms with Crippen LogP contribution in [0.15, 0.2) is 59.7 Å². The summed E-state index contributed by atoms with van der Waals surface area (Å²) in [5.74, 6) is -0.421. The number of urea groups is 1. The number of hydrogen-bond acceptors (Lipinski definition) is 3. The van der Waals surface area contributed by atoms with Crippen molar-refractivity contribution in [2.24, 2.45) is 5.10 Å². The third-order valence-corrected chi connectivity index (χ3v) is 3.23. The Morgan fingerprint density at radius 2 is 1.71 bits per heavy atom. The summed E-state index contributed by atoms with van der Waals surface area (Å²) in [4.78, 5) is 23.2. The van der Waals surface area contributed by atoms with Gasteiger partial charge >= 0.3 is 6.03 Å². The van der Waals surface area contributed by atoms with Crippen molar-refractivity contribution < 1.29 is 9.59 Å². The molecule has 0 aromatic heterocycles. The molecule has 7 heteroatoms. The first-order valence-corrected chi connectivity index (χ1v) is 7.64. The molecule has 0 saturated heterocycles. The van der Waals surface area contributed by atoms with E-state index in [2.05, 4.69) is 21.2 Å². The predicted octanol–water partition coefficient (Wildman–Crippen LogP) is 2.29. The van der Waals surface area contributed by atoms with Crippen molar-refractivity contribution in [2.75, 3.05) is 6.54 Å². The first-order chi connectivity index (χ1) is 11.6. The predicted molar refractivity (Wildman–Crippen MR) is 93.9 cm³/mol. The van der Waals surface area contributed by atoms with Gasteiger partial charge in [-0.3, -0.25) is 4.79 Å². The average molecular weight is 345 g/mol. The standard InChI is InChI=1S/C17H17ClN4O2/c18-15-8-6-14(7-9-15)11-21-22-16(23)12-20-17(24)19-10-13-4-2-1-3-5-13/h1-9,11H,10,12H2,(H,22,23)(H2,19,20,24)/b21-11-. The van der Waals surface area contributed by atoms with Gasteiger partial charge in [0, 0.05) is 11.6 Å². The third kappa shape index (κ3) is 6.50. The molecule has 0 fully saturated rings. The average Bonchev–Trinajstić information content (AvgIpc) is 2.61. The molecule has 0 radical (unpaired) electrons. The zero-order valence-electron chi connectivity index (χ0n) is 12.8. The van der Waals surface area contributed by atoms with Crippen LogP contribution in [0.25, 0.3) is 0 Å². The zero-order valence-corrected chi connectivity index (χ0v) is 13.6. The van der Waals surface area contributed by atoms with Gasteiger partial charge in [-0.15, -0.1) is 0 Å². The molecular weight excluding hydrogens is 328 g/mol. The van der Waals surface area contributed by atoms with E-state index in [0.29, 0.717) is 11.6 Å². The van der Waals surface area contributed by atoms with Gasteiger partial charge in [-0.25, -0.2) is 10.2 Å². The minimum atomic E-state index is -0.421. The van der Waals surface area contributed by atoms with Gasteiger partial charge in [0.15, 0.2) is 0 Å². The molecule has 0 spiro atoms. The van der Waals surface area contributed by atoms with Gasteiger partial charge in [-0.2, -0.15) is 5.10 Å². The van der Waals surface area contributed by atoms with Crippen LogP contribution in [0.3, 0.4) is 0 Å². The van der Waals surface area contributed by atoms with Crippen molar-refractivity contribution in [3.63, 3.8) is 0 Å². The fourth-order valence-electron chi connectivity index (χ4n) is 1.77. The molecule has 0 aliphatic rings. The maximum atomic E-state index is 11.6. The van der Waals surface area contributed by atoms with Gasteiger partial charge in [-0.1, -0.05) is 54.1 Å². The highest BCUT2D eigenvalue weighted by atomic mass is 35.5. The number of carbonyl (C=O) groups excluding carboxylic acids is 2. The topological polar surface area (TPSA) is 82.6 Å². The fraction of sp³-hybridized carbons (Fsp3) is 0.118. The van der Waals surface area contributed by atoms with E-state index in [9.17, 15) is 9.59 Å². The number of hydrogen-bond donors (Lipinski definition) is 3. The van der Waals surface area contributed by atoms with Gasteiger partial charge in [-0.05, 0) is 23.3 Å². The number of halogens is 1. The Labute approximate surface area is 144 Å². The van der Waals surface area contributed by atoms with Crippen molar-refractivity contribution >= 4 is 29.8 Å². The number of rotatable bonds is 6. The number of benzene rings is 2. The van der Waals surface area contributed by atoms with Crippen LogP contribution < -0.4 is 16.1 Å².